The van der Waals surface area contributed by atoms with Crippen LogP contribution in [0.4, 0.5) is 4.39 Å². The molecule has 2 aliphatic rings. The van der Waals surface area contributed by atoms with Crippen LogP contribution in [0.1, 0.15) is 29.6 Å². The number of aromatic nitrogens is 1. The van der Waals surface area contributed by atoms with Crippen molar-refractivity contribution in [3.05, 3.63) is 47.9 Å². The zero-order chi connectivity index (χ0) is 16.7. The monoisotopic (exact) mass is 326 g/mol. The Morgan fingerprint density at radius 2 is 2.21 bits per heavy atom. The maximum atomic E-state index is 14.3. The van der Waals surface area contributed by atoms with Crippen molar-refractivity contribution in [3.8, 4) is 17.0 Å². The minimum atomic E-state index is -0.411. The van der Waals surface area contributed by atoms with Crippen LogP contribution in [0, 0.1) is 11.7 Å². The van der Waals surface area contributed by atoms with Gasteiger partial charge < -0.3 is 9.64 Å². The third kappa shape index (κ3) is 2.44. The number of ether oxygens (including phenoxy) is 1. The summed E-state index contributed by atoms with van der Waals surface area (Å²) in [6, 6.07) is 8.27. The first-order valence-corrected chi connectivity index (χ1v) is 8.27. The molecule has 1 saturated heterocycles. The number of rotatable bonds is 3. The lowest BCUT2D eigenvalue weighted by molar-refractivity contribution is 0.0704. The van der Waals surface area contributed by atoms with Gasteiger partial charge in [-0.15, -0.1) is 0 Å². The molecular formula is C19H19FN2O2. The fourth-order valence-corrected chi connectivity index (χ4v) is 3.93. The molecule has 4 rings (SSSR count). The molecule has 2 bridgehead atoms. The van der Waals surface area contributed by atoms with Gasteiger partial charge in [0.1, 0.15) is 11.6 Å². The van der Waals surface area contributed by atoms with Crippen LogP contribution >= 0.6 is 0 Å². The summed E-state index contributed by atoms with van der Waals surface area (Å²) in [5.41, 5.74) is 1.13. The van der Waals surface area contributed by atoms with Gasteiger partial charge in [0.15, 0.2) is 0 Å². The fraction of sp³-hybridized carbons (Fsp3) is 0.368. The molecule has 4 nitrogen and oxygen atoms in total. The Morgan fingerprint density at radius 3 is 2.92 bits per heavy atom. The van der Waals surface area contributed by atoms with E-state index in [4.69, 9.17) is 4.74 Å². The molecule has 2 fully saturated rings. The molecule has 1 aromatic heterocycles. The van der Waals surface area contributed by atoms with Crippen molar-refractivity contribution < 1.29 is 13.9 Å². The summed E-state index contributed by atoms with van der Waals surface area (Å²) in [4.78, 5) is 19.3. The number of fused-ring (bicyclic) bond motifs is 2. The Labute approximate surface area is 140 Å². The van der Waals surface area contributed by atoms with Gasteiger partial charge >= 0.3 is 0 Å². The smallest absolute Gasteiger partial charge is 0.256 e. The number of hydrogen-bond acceptors (Lipinski definition) is 3. The van der Waals surface area contributed by atoms with E-state index in [1.54, 1.807) is 30.5 Å². The van der Waals surface area contributed by atoms with E-state index in [1.165, 1.54) is 19.6 Å². The number of nitrogens with zero attached hydrogens (tertiary/aromatic N) is 2. The molecule has 124 valence electrons. The van der Waals surface area contributed by atoms with Crippen molar-refractivity contribution in [2.24, 2.45) is 5.92 Å². The van der Waals surface area contributed by atoms with Gasteiger partial charge in [0, 0.05) is 24.3 Å². The molecule has 1 aromatic carbocycles. The first-order chi connectivity index (χ1) is 11.7. The molecule has 1 saturated carbocycles. The van der Waals surface area contributed by atoms with E-state index < -0.39 is 5.82 Å². The Hall–Kier alpha value is -2.43. The Kier molecular flexibility index (Phi) is 3.71. The van der Waals surface area contributed by atoms with Crippen molar-refractivity contribution in [2.45, 2.75) is 25.3 Å². The largest absolute Gasteiger partial charge is 0.497 e. The predicted octanol–water partition coefficient (Wildman–Crippen LogP) is 3.52. The summed E-state index contributed by atoms with van der Waals surface area (Å²) < 4.78 is 19.5. The summed E-state index contributed by atoms with van der Waals surface area (Å²) in [7, 11) is 1.53. The number of pyridine rings is 1. The highest BCUT2D eigenvalue weighted by Gasteiger charge is 2.41. The molecule has 24 heavy (non-hydrogen) atoms. The summed E-state index contributed by atoms with van der Waals surface area (Å²) in [5, 5.41) is 0. The quantitative estimate of drug-likeness (QED) is 0.867. The van der Waals surface area contributed by atoms with E-state index >= 15 is 0 Å². The van der Waals surface area contributed by atoms with Crippen LogP contribution in [0.15, 0.2) is 36.5 Å². The second kappa shape index (κ2) is 5.89. The lowest BCUT2D eigenvalue weighted by Crippen LogP contribution is -2.38. The summed E-state index contributed by atoms with van der Waals surface area (Å²) >= 11 is 0. The van der Waals surface area contributed by atoms with Crippen LogP contribution in [-0.4, -0.2) is 35.5 Å². The van der Waals surface area contributed by atoms with Gasteiger partial charge in [-0.1, -0.05) is 0 Å². The minimum Gasteiger partial charge on any atom is -0.497 e. The van der Waals surface area contributed by atoms with Gasteiger partial charge in [0.25, 0.3) is 5.91 Å². The third-order valence-electron chi connectivity index (χ3n) is 5.14. The van der Waals surface area contributed by atoms with Gasteiger partial charge in [-0.2, -0.15) is 0 Å². The number of likely N-dealkylation sites (tertiary alicyclic amines) is 1. The van der Waals surface area contributed by atoms with Gasteiger partial charge in [0.05, 0.1) is 18.4 Å². The molecule has 1 aliphatic carbocycles. The number of benzene rings is 1. The van der Waals surface area contributed by atoms with Crippen molar-refractivity contribution in [3.63, 3.8) is 0 Å². The second-order valence-corrected chi connectivity index (χ2v) is 6.54. The molecule has 2 heterocycles. The van der Waals surface area contributed by atoms with E-state index in [-0.39, 0.29) is 5.91 Å². The predicted molar refractivity (Wildman–Crippen MR) is 88.3 cm³/mol. The Bertz CT molecular complexity index is 793. The highest BCUT2D eigenvalue weighted by molar-refractivity contribution is 6.00. The molecule has 1 aliphatic heterocycles. The molecule has 1 amide bonds. The van der Waals surface area contributed by atoms with E-state index in [0.29, 0.717) is 34.5 Å². The molecule has 0 N–H and O–H groups in total. The molecule has 0 radical (unpaired) electrons. The number of hydrogen-bond donors (Lipinski definition) is 0. The SMILES string of the molecule is COc1ccc(F)c(-c2ncccc2C(=O)N2C[C@@H]3CC[C@H]2C3)c1. The van der Waals surface area contributed by atoms with Crippen molar-refractivity contribution in [1.82, 2.24) is 9.88 Å². The summed E-state index contributed by atoms with van der Waals surface area (Å²) in [6.45, 7) is 0.804. The van der Waals surface area contributed by atoms with E-state index in [2.05, 4.69) is 4.98 Å². The zero-order valence-electron chi connectivity index (χ0n) is 13.5. The molecule has 0 spiro atoms. The maximum absolute atomic E-state index is 14.3. The normalized spacial score (nSPS) is 22.0. The molecule has 5 heteroatoms. The average Bonchev–Trinajstić information content (AvgIpc) is 3.25. The van der Waals surface area contributed by atoms with Crippen molar-refractivity contribution >= 4 is 5.91 Å². The topological polar surface area (TPSA) is 42.4 Å². The van der Waals surface area contributed by atoms with E-state index in [0.717, 1.165) is 19.4 Å². The lowest BCUT2D eigenvalue weighted by atomic mass is 10.0. The van der Waals surface area contributed by atoms with Gasteiger partial charge in [-0.25, -0.2) is 4.39 Å². The highest BCUT2D eigenvalue weighted by atomic mass is 19.1. The van der Waals surface area contributed by atoms with E-state index in [1.807, 2.05) is 4.90 Å². The molecule has 0 unspecified atom stereocenters. The van der Waals surface area contributed by atoms with Crippen LogP contribution < -0.4 is 4.74 Å². The van der Waals surface area contributed by atoms with Crippen LogP contribution in [0.2, 0.25) is 0 Å². The van der Waals surface area contributed by atoms with Gasteiger partial charge in [-0.05, 0) is 55.5 Å². The highest BCUT2D eigenvalue weighted by Crippen LogP contribution is 2.39. The Morgan fingerprint density at radius 1 is 1.33 bits per heavy atom. The molecular weight excluding hydrogens is 307 g/mol. The van der Waals surface area contributed by atoms with Crippen LogP contribution in [0.3, 0.4) is 0 Å². The number of carbonyl (C=O) groups is 1. The first kappa shape index (κ1) is 15.1. The number of amides is 1. The van der Waals surface area contributed by atoms with Gasteiger partial charge in [-0.3, -0.25) is 9.78 Å². The van der Waals surface area contributed by atoms with Crippen LogP contribution in [0.25, 0.3) is 11.3 Å². The van der Waals surface area contributed by atoms with Crippen molar-refractivity contribution in [2.75, 3.05) is 13.7 Å². The molecule has 2 aromatic rings. The maximum Gasteiger partial charge on any atom is 0.256 e. The number of methoxy groups -OCH3 is 1. The number of halogens is 1. The van der Waals surface area contributed by atoms with Crippen molar-refractivity contribution in [1.29, 1.82) is 0 Å². The van der Waals surface area contributed by atoms with E-state index in [9.17, 15) is 9.18 Å². The van der Waals surface area contributed by atoms with Gasteiger partial charge in [0.2, 0.25) is 0 Å². The second-order valence-electron chi connectivity index (χ2n) is 6.54. The van der Waals surface area contributed by atoms with Crippen LogP contribution in [-0.2, 0) is 0 Å². The standard InChI is InChI=1S/C19H19FN2O2/c1-24-14-6-7-17(20)16(10-14)18-15(3-2-8-21-18)19(23)22-11-12-4-5-13(22)9-12/h2-3,6-8,10,12-13H,4-5,9,11H2,1H3/t12-,13+/m1/s1. The minimum absolute atomic E-state index is 0.0486. The summed E-state index contributed by atoms with van der Waals surface area (Å²) in [5.74, 6) is 0.697. The summed E-state index contributed by atoms with van der Waals surface area (Å²) in [6.07, 6.45) is 4.95. The average molecular weight is 326 g/mol. The fourth-order valence-electron chi connectivity index (χ4n) is 3.93. The first-order valence-electron chi connectivity index (χ1n) is 8.27. The number of carbonyl (C=O) groups excluding carboxylic acids is 1. The molecule has 2 atom stereocenters. The lowest BCUT2D eigenvalue weighted by Gasteiger charge is -2.27. The Balaban J connectivity index is 1.75. The van der Waals surface area contributed by atoms with Crippen LogP contribution in [0.5, 0.6) is 5.75 Å². The number of piperidine rings is 1. The zero-order valence-corrected chi connectivity index (χ0v) is 13.5. The third-order valence-corrected chi connectivity index (χ3v) is 5.14.